The van der Waals surface area contributed by atoms with Crippen molar-refractivity contribution in [2.75, 3.05) is 12.8 Å². The normalized spacial score (nSPS) is 10.7. The number of nitrogens with one attached hydrogen (secondary N) is 1. The smallest absolute Gasteiger partial charge is 0.339 e. The van der Waals surface area contributed by atoms with Crippen molar-refractivity contribution in [1.29, 1.82) is 0 Å². The second kappa shape index (κ2) is 3.56. The number of aromatic amines is 1. The van der Waals surface area contributed by atoms with Crippen LogP contribution in [0.1, 0.15) is 21.6 Å². The predicted octanol–water partition coefficient (Wildman–Crippen LogP) is 2.15. The first kappa shape index (κ1) is 10.5. The number of aromatic nitrogens is 1. The third kappa shape index (κ3) is 1.34. The molecule has 84 valence electrons. The first-order valence-electron chi connectivity index (χ1n) is 5.02. The van der Waals surface area contributed by atoms with Gasteiger partial charge < -0.3 is 15.5 Å². The number of nitrogens with two attached hydrogens (primary N) is 1. The Morgan fingerprint density at radius 1 is 1.38 bits per heavy atom. The van der Waals surface area contributed by atoms with Gasteiger partial charge in [-0.2, -0.15) is 0 Å². The molecule has 3 N–H and O–H groups in total. The van der Waals surface area contributed by atoms with Gasteiger partial charge in [0.1, 0.15) is 0 Å². The van der Waals surface area contributed by atoms with Gasteiger partial charge in [-0.05, 0) is 31.5 Å². The van der Waals surface area contributed by atoms with Crippen molar-refractivity contribution in [2.24, 2.45) is 0 Å². The van der Waals surface area contributed by atoms with E-state index in [9.17, 15) is 4.79 Å². The van der Waals surface area contributed by atoms with Crippen LogP contribution in [0.4, 0.5) is 5.69 Å². The van der Waals surface area contributed by atoms with E-state index in [1.54, 1.807) is 12.1 Å². The minimum absolute atomic E-state index is 0.355. The number of carbonyl (C=O) groups is 1. The highest BCUT2D eigenvalue weighted by Crippen LogP contribution is 2.29. The molecule has 0 radical (unpaired) electrons. The van der Waals surface area contributed by atoms with Crippen molar-refractivity contribution >= 4 is 22.6 Å². The van der Waals surface area contributed by atoms with Gasteiger partial charge in [0.05, 0.1) is 18.2 Å². The van der Waals surface area contributed by atoms with Crippen LogP contribution in [-0.4, -0.2) is 18.1 Å². The summed E-state index contributed by atoms with van der Waals surface area (Å²) >= 11 is 0. The van der Waals surface area contributed by atoms with Crippen molar-refractivity contribution < 1.29 is 9.53 Å². The lowest BCUT2D eigenvalue weighted by Crippen LogP contribution is -2.02. The Balaban J connectivity index is 2.84. The SMILES string of the molecule is COC(=O)c1ccc(N)c2c(C)c(C)[nH]c12. The highest BCUT2D eigenvalue weighted by molar-refractivity contribution is 6.08. The first-order valence-corrected chi connectivity index (χ1v) is 5.02. The van der Waals surface area contributed by atoms with Gasteiger partial charge in [0.25, 0.3) is 0 Å². The molecular weight excluding hydrogens is 204 g/mol. The van der Waals surface area contributed by atoms with Crippen LogP contribution >= 0.6 is 0 Å². The van der Waals surface area contributed by atoms with Crippen LogP contribution in [0, 0.1) is 13.8 Å². The molecule has 16 heavy (non-hydrogen) atoms. The monoisotopic (exact) mass is 218 g/mol. The number of hydrogen-bond acceptors (Lipinski definition) is 3. The topological polar surface area (TPSA) is 68.1 Å². The number of benzene rings is 1. The zero-order chi connectivity index (χ0) is 11.9. The van der Waals surface area contributed by atoms with Gasteiger partial charge in [0, 0.05) is 16.8 Å². The van der Waals surface area contributed by atoms with E-state index < -0.39 is 0 Å². The highest BCUT2D eigenvalue weighted by Gasteiger charge is 2.16. The Hall–Kier alpha value is -1.97. The summed E-state index contributed by atoms with van der Waals surface area (Å²) in [4.78, 5) is 14.7. The average Bonchev–Trinajstić information content (AvgIpc) is 2.56. The van der Waals surface area contributed by atoms with Crippen LogP contribution in [0.15, 0.2) is 12.1 Å². The van der Waals surface area contributed by atoms with E-state index in [0.717, 1.165) is 22.2 Å². The number of methoxy groups -OCH3 is 1. The molecule has 1 heterocycles. The summed E-state index contributed by atoms with van der Waals surface area (Å²) in [6.45, 7) is 3.93. The number of nitrogen functional groups attached to an aromatic ring is 1. The molecule has 1 aromatic carbocycles. The van der Waals surface area contributed by atoms with Crippen LogP contribution in [-0.2, 0) is 4.74 Å². The summed E-state index contributed by atoms with van der Waals surface area (Å²) in [5.74, 6) is -0.355. The highest BCUT2D eigenvalue weighted by atomic mass is 16.5. The van der Waals surface area contributed by atoms with Crippen LogP contribution < -0.4 is 5.73 Å². The van der Waals surface area contributed by atoms with E-state index in [1.807, 2.05) is 13.8 Å². The van der Waals surface area contributed by atoms with Crippen LogP contribution in [0.3, 0.4) is 0 Å². The zero-order valence-corrected chi connectivity index (χ0v) is 9.55. The number of H-pyrrole nitrogens is 1. The third-order valence-electron chi connectivity index (χ3n) is 2.89. The molecule has 4 heteroatoms. The number of carbonyl (C=O) groups excluding carboxylic acids is 1. The van der Waals surface area contributed by atoms with Gasteiger partial charge in [-0.1, -0.05) is 0 Å². The van der Waals surface area contributed by atoms with Crippen molar-refractivity contribution in [2.45, 2.75) is 13.8 Å². The van der Waals surface area contributed by atoms with E-state index in [0.29, 0.717) is 11.3 Å². The largest absolute Gasteiger partial charge is 0.465 e. The fraction of sp³-hybridized carbons (Fsp3) is 0.250. The van der Waals surface area contributed by atoms with Crippen molar-refractivity contribution in [3.8, 4) is 0 Å². The van der Waals surface area contributed by atoms with E-state index in [4.69, 9.17) is 10.5 Å². The first-order chi connectivity index (χ1) is 7.56. The Labute approximate surface area is 93.4 Å². The standard InChI is InChI=1S/C12H14N2O2/c1-6-7(2)14-11-8(12(15)16-3)4-5-9(13)10(6)11/h4-5,14H,13H2,1-3H3. The summed E-state index contributed by atoms with van der Waals surface area (Å²) in [6.07, 6.45) is 0. The maximum absolute atomic E-state index is 11.6. The van der Waals surface area contributed by atoms with E-state index in [2.05, 4.69) is 4.98 Å². The lowest BCUT2D eigenvalue weighted by atomic mass is 10.1. The Morgan fingerprint density at radius 3 is 2.69 bits per heavy atom. The lowest BCUT2D eigenvalue weighted by molar-refractivity contribution is 0.0603. The van der Waals surface area contributed by atoms with E-state index in [-0.39, 0.29) is 5.97 Å². The number of esters is 1. The number of rotatable bonds is 1. The molecule has 0 bridgehead atoms. The number of hydrogen-bond donors (Lipinski definition) is 2. The number of aryl methyl sites for hydroxylation is 2. The van der Waals surface area contributed by atoms with Gasteiger partial charge in [-0.15, -0.1) is 0 Å². The molecule has 0 fully saturated rings. The molecule has 0 saturated heterocycles. The predicted molar refractivity (Wildman–Crippen MR) is 63.5 cm³/mol. The third-order valence-corrected chi connectivity index (χ3v) is 2.89. The Bertz CT molecular complexity index is 570. The molecular formula is C12H14N2O2. The molecule has 0 aliphatic rings. The summed E-state index contributed by atoms with van der Waals surface area (Å²) < 4.78 is 4.73. The molecule has 0 aliphatic carbocycles. The van der Waals surface area contributed by atoms with Gasteiger partial charge in [0.2, 0.25) is 0 Å². The molecule has 0 amide bonds. The number of ether oxygens (including phenoxy) is 1. The Kier molecular flexibility index (Phi) is 2.34. The van der Waals surface area contributed by atoms with Gasteiger partial charge in [-0.25, -0.2) is 4.79 Å². The van der Waals surface area contributed by atoms with Crippen LogP contribution in [0.25, 0.3) is 10.9 Å². The van der Waals surface area contributed by atoms with Crippen LogP contribution in [0.2, 0.25) is 0 Å². The minimum atomic E-state index is -0.355. The molecule has 0 unspecified atom stereocenters. The lowest BCUT2D eigenvalue weighted by Gasteiger charge is -2.03. The van der Waals surface area contributed by atoms with Gasteiger partial charge in [-0.3, -0.25) is 0 Å². The summed E-state index contributed by atoms with van der Waals surface area (Å²) in [5.41, 5.74) is 9.93. The average molecular weight is 218 g/mol. The molecule has 0 aliphatic heterocycles. The fourth-order valence-electron chi connectivity index (χ4n) is 1.90. The maximum atomic E-state index is 11.6. The van der Waals surface area contributed by atoms with Crippen molar-refractivity contribution in [3.63, 3.8) is 0 Å². The molecule has 0 spiro atoms. The Morgan fingerprint density at radius 2 is 2.06 bits per heavy atom. The van der Waals surface area contributed by atoms with Crippen molar-refractivity contribution in [3.05, 3.63) is 29.0 Å². The van der Waals surface area contributed by atoms with Gasteiger partial charge >= 0.3 is 5.97 Å². The van der Waals surface area contributed by atoms with Gasteiger partial charge in [0.15, 0.2) is 0 Å². The molecule has 2 rings (SSSR count). The van der Waals surface area contributed by atoms with E-state index >= 15 is 0 Å². The van der Waals surface area contributed by atoms with E-state index in [1.165, 1.54) is 7.11 Å². The fourth-order valence-corrected chi connectivity index (χ4v) is 1.90. The molecule has 2 aromatic rings. The summed E-state index contributed by atoms with van der Waals surface area (Å²) in [5, 5.41) is 0.903. The minimum Gasteiger partial charge on any atom is -0.465 e. The number of anilines is 1. The second-order valence-corrected chi connectivity index (χ2v) is 3.82. The zero-order valence-electron chi connectivity index (χ0n) is 9.55. The summed E-state index contributed by atoms with van der Waals surface area (Å²) in [7, 11) is 1.37. The summed E-state index contributed by atoms with van der Waals surface area (Å²) in [6, 6.07) is 3.41. The molecule has 0 saturated carbocycles. The molecule has 0 atom stereocenters. The maximum Gasteiger partial charge on any atom is 0.339 e. The van der Waals surface area contributed by atoms with Crippen molar-refractivity contribution in [1.82, 2.24) is 4.98 Å². The molecule has 4 nitrogen and oxygen atoms in total. The van der Waals surface area contributed by atoms with Crippen LogP contribution in [0.5, 0.6) is 0 Å². The molecule has 1 aromatic heterocycles. The quantitative estimate of drug-likeness (QED) is 0.569. The number of fused-ring (bicyclic) bond motifs is 1. The second-order valence-electron chi connectivity index (χ2n) is 3.82.